The summed E-state index contributed by atoms with van der Waals surface area (Å²) in [4.78, 5) is 0. The van der Waals surface area contributed by atoms with E-state index in [1.807, 2.05) is 30.3 Å². The Balaban J connectivity index is 1.52. The summed E-state index contributed by atoms with van der Waals surface area (Å²) < 4.78 is 10.8. The second kappa shape index (κ2) is 5.87. The molecule has 16 heavy (non-hydrogen) atoms. The molecule has 0 bridgehead atoms. The van der Waals surface area contributed by atoms with Crippen molar-refractivity contribution in [3.8, 4) is 5.75 Å². The van der Waals surface area contributed by atoms with Gasteiger partial charge in [0.25, 0.3) is 0 Å². The molecular formula is C13H18O3. The van der Waals surface area contributed by atoms with Crippen LogP contribution in [0.1, 0.15) is 12.8 Å². The fourth-order valence-electron chi connectivity index (χ4n) is 1.56. The van der Waals surface area contributed by atoms with Crippen LogP contribution in [0.25, 0.3) is 0 Å². The van der Waals surface area contributed by atoms with Gasteiger partial charge in [0.15, 0.2) is 0 Å². The second-order valence-electron chi connectivity index (χ2n) is 4.14. The first-order valence-corrected chi connectivity index (χ1v) is 5.80. The Bertz CT molecular complexity index is 295. The zero-order chi connectivity index (χ0) is 11.2. The van der Waals surface area contributed by atoms with Gasteiger partial charge < -0.3 is 14.6 Å². The van der Waals surface area contributed by atoms with Crippen molar-refractivity contribution in [2.45, 2.75) is 18.9 Å². The molecule has 0 aliphatic heterocycles. The minimum absolute atomic E-state index is 0.281. The topological polar surface area (TPSA) is 38.7 Å². The summed E-state index contributed by atoms with van der Waals surface area (Å²) in [5.41, 5.74) is 0. The Labute approximate surface area is 96.0 Å². The van der Waals surface area contributed by atoms with Crippen LogP contribution in [0.3, 0.4) is 0 Å². The molecule has 1 fully saturated rings. The van der Waals surface area contributed by atoms with Gasteiger partial charge in [-0.05, 0) is 30.9 Å². The average Bonchev–Trinajstić information content (AvgIpc) is 3.13. The van der Waals surface area contributed by atoms with E-state index in [1.165, 1.54) is 0 Å². The fraction of sp³-hybridized carbons (Fsp3) is 0.538. The van der Waals surface area contributed by atoms with Crippen molar-refractivity contribution < 1.29 is 14.6 Å². The van der Waals surface area contributed by atoms with Gasteiger partial charge in [0.2, 0.25) is 0 Å². The molecule has 1 aromatic rings. The van der Waals surface area contributed by atoms with Crippen molar-refractivity contribution in [1.29, 1.82) is 0 Å². The SMILES string of the molecule is OC(COCCOc1ccccc1)C1CC1. The van der Waals surface area contributed by atoms with Gasteiger partial charge >= 0.3 is 0 Å². The smallest absolute Gasteiger partial charge is 0.119 e. The third kappa shape index (κ3) is 3.83. The lowest BCUT2D eigenvalue weighted by Gasteiger charge is -2.10. The molecule has 88 valence electrons. The van der Waals surface area contributed by atoms with Crippen LogP contribution in [0.2, 0.25) is 0 Å². The van der Waals surface area contributed by atoms with Gasteiger partial charge in [-0.1, -0.05) is 18.2 Å². The first kappa shape index (κ1) is 11.4. The van der Waals surface area contributed by atoms with Crippen LogP contribution in [0.5, 0.6) is 5.75 Å². The number of para-hydroxylation sites is 1. The maximum atomic E-state index is 9.54. The molecule has 1 aromatic carbocycles. The Morgan fingerprint density at radius 1 is 1.19 bits per heavy atom. The molecule has 1 aliphatic rings. The lowest BCUT2D eigenvalue weighted by molar-refractivity contribution is 0.0150. The van der Waals surface area contributed by atoms with E-state index in [9.17, 15) is 5.11 Å². The quantitative estimate of drug-likeness (QED) is 0.716. The Kier molecular flexibility index (Phi) is 4.19. The normalized spacial score (nSPS) is 17.1. The summed E-state index contributed by atoms with van der Waals surface area (Å²) >= 11 is 0. The number of rotatable bonds is 7. The number of aliphatic hydroxyl groups excluding tert-OH is 1. The average molecular weight is 222 g/mol. The Morgan fingerprint density at radius 3 is 2.62 bits per heavy atom. The Hall–Kier alpha value is -1.06. The van der Waals surface area contributed by atoms with Gasteiger partial charge in [0.1, 0.15) is 12.4 Å². The van der Waals surface area contributed by atoms with E-state index in [1.54, 1.807) is 0 Å². The summed E-state index contributed by atoms with van der Waals surface area (Å²) in [6.45, 7) is 1.49. The number of aliphatic hydroxyl groups is 1. The van der Waals surface area contributed by atoms with E-state index in [-0.39, 0.29) is 6.10 Å². The third-order valence-electron chi connectivity index (χ3n) is 2.69. The molecule has 3 nitrogen and oxygen atoms in total. The molecule has 2 rings (SSSR count). The summed E-state index contributed by atoms with van der Waals surface area (Å²) in [7, 11) is 0. The van der Waals surface area contributed by atoms with Crippen LogP contribution in [0, 0.1) is 5.92 Å². The molecular weight excluding hydrogens is 204 g/mol. The molecule has 1 saturated carbocycles. The van der Waals surface area contributed by atoms with Gasteiger partial charge in [-0.25, -0.2) is 0 Å². The van der Waals surface area contributed by atoms with Crippen LogP contribution < -0.4 is 4.74 Å². The number of benzene rings is 1. The summed E-state index contributed by atoms with van der Waals surface area (Å²) in [6, 6.07) is 9.66. The molecule has 1 aliphatic carbocycles. The predicted octanol–water partition coefficient (Wildman–Crippen LogP) is 1.85. The Morgan fingerprint density at radius 2 is 1.94 bits per heavy atom. The maximum Gasteiger partial charge on any atom is 0.119 e. The molecule has 1 unspecified atom stereocenters. The maximum absolute atomic E-state index is 9.54. The van der Waals surface area contributed by atoms with E-state index in [0.29, 0.717) is 25.7 Å². The fourth-order valence-corrected chi connectivity index (χ4v) is 1.56. The highest BCUT2D eigenvalue weighted by molar-refractivity contribution is 5.20. The first-order chi connectivity index (χ1) is 7.86. The van der Waals surface area contributed by atoms with E-state index in [4.69, 9.17) is 9.47 Å². The number of hydrogen-bond donors (Lipinski definition) is 1. The third-order valence-corrected chi connectivity index (χ3v) is 2.69. The minimum Gasteiger partial charge on any atom is -0.491 e. The van der Waals surface area contributed by atoms with Crippen LogP contribution in [0.15, 0.2) is 30.3 Å². The summed E-state index contributed by atoms with van der Waals surface area (Å²) in [5.74, 6) is 1.34. The molecule has 1 atom stereocenters. The highest BCUT2D eigenvalue weighted by Crippen LogP contribution is 2.32. The van der Waals surface area contributed by atoms with Crippen molar-refractivity contribution in [3.05, 3.63) is 30.3 Å². The molecule has 0 heterocycles. The van der Waals surface area contributed by atoms with Gasteiger partial charge in [-0.2, -0.15) is 0 Å². The monoisotopic (exact) mass is 222 g/mol. The second-order valence-corrected chi connectivity index (χ2v) is 4.14. The van der Waals surface area contributed by atoms with Crippen LogP contribution >= 0.6 is 0 Å². The van der Waals surface area contributed by atoms with Crippen molar-refractivity contribution in [2.24, 2.45) is 5.92 Å². The van der Waals surface area contributed by atoms with E-state index in [2.05, 4.69) is 0 Å². The van der Waals surface area contributed by atoms with Crippen molar-refractivity contribution in [3.63, 3.8) is 0 Å². The van der Waals surface area contributed by atoms with Gasteiger partial charge in [0.05, 0.1) is 19.3 Å². The minimum atomic E-state index is -0.281. The van der Waals surface area contributed by atoms with Gasteiger partial charge in [-0.15, -0.1) is 0 Å². The molecule has 0 spiro atoms. The standard InChI is InChI=1S/C13H18O3/c14-13(11-6-7-11)10-15-8-9-16-12-4-2-1-3-5-12/h1-5,11,13-14H,6-10H2. The summed E-state index contributed by atoms with van der Waals surface area (Å²) in [6.07, 6.45) is 2.01. The van der Waals surface area contributed by atoms with E-state index < -0.39 is 0 Å². The molecule has 0 aromatic heterocycles. The predicted molar refractivity (Wildman–Crippen MR) is 61.5 cm³/mol. The van der Waals surface area contributed by atoms with Crippen LogP contribution in [-0.4, -0.2) is 31.0 Å². The van der Waals surface area contributed by atoms with Gasteiger partial charge in [-0.3, -0.25) is 0 Å². The molecule has 1 N–H and O–H groups in total. The zero-order valence-corrected chi connectivity index (χ0v) is 9.34. The summed E-state index contributed by atoms with van der Waals surface area (Å²) in [5, 5.41) is 9.54. The van der Waals surface area contributed by atoms with Crippen molar-refractivity contribution in [1.82, 2.24) is 0 Å². The van der Waals surface area contributed by atoms with Crippen molar-refractivity contribution >= 4 is 0 Å². The van der Waals surface area contributed by atoms with Gasteiger partial charge in [0, 0.05) is 0 Å². The van der Waals surface area contributed by atoms with Crippen LogP contribution in [0.4, 0.5) is 0 Å². The molecule has 0 amide bonds. The largest absolute Gasteiger partial charge is 0.491 e. The highest BCUT2D eigenvalue weighted by atomic mass is 16.5. The van der Waals surface area contributed by atoms with E-state index in [0.717, 1.165) is 18.6 Å². The first-order valence-electron chi connectivity index (χ1n) is 5.80. The van der Waals surface area contributed by atoms with Crippen molar-refractivity contribution in [2.75, 3.05) is 19.8 Å². The zero-order valence-electron chi connectivity index (χ0n) is 9.34. The number of ether oxygens (including phenoxy) is 2. The highest BCUT2D eigenvalue weighted by Gasteiger charge is 2.29. The molecule has 0 radical (unpaired) electrons. The molecule has 0 saturated heterocycles. The lowest BCUT2D eigenvalue weighted by Crippen LogP contribution is -2.19. The number of hydrogen-bond acceptors (Lipinski definition) is 3. The van der Waals surface area contributed by atoms with E-state index >= 15 is 0 Å². The molecule has 3 heteroatoms. The lowest BCUT2D eigenvalue weighted by atomic mass is 10.2. The van der Waals surface area contributed by atoms with Crippen LogP contribution in [-0.2, 0) is 4.74 Å².